The van der Waals surface area contributed by atoms with E-state index < -0.39 is 35.2 Å². The highest BCUT2D eigenvalue weighted by Gasteiger charge is 2.22. The Morgan fingerprint density at radius 2 is 1.84 bits per heavy atom. The van der Waals surface area contributed by atoms with Crippen LogP contribution < -0.4 is 5.32 Å². The van der Waals surface area contributed by atoms with E-state index >= 15 is 0 Å². The third-order valence-electron chi connectivity index (χ3n) is 2.47. The number of carbonyl (C=O) groups is 1. The third kappa shape index (κ3) is 4.15. The lowest BCUT2D eigenvalue weighted by molar-refractivity contribution is -0.144. The molecule has 0 aliphatic carbocycles. The first-order chi connectivity index (χ1) is 8.99. The van der Waals surface area contributed by atoms with Gasteiger partial charge in [0.05, 0.1) is 6.61 Å². The van der Waals surface area contributed by atoms with E-state index in [1.54, 1.807) is 6.92 Å². The average molecular weight is 275 g/mol. The van der Waals surface area contributed by atoms with Crippen LogP contribution in [0.2, 0.25) is 0 Å². The molecular weight excluding hydrogens is 259 g/mol. The SMILES string of the molecule is CCCC(Nc1c(F)cc(F)cc1F)C(=O)OCC. The maximum Gasteiger partial charge on any atom is 0.328 e. The van der Waals surface area contributed by atoms with Crippen molar-refractivity contribution in [3.63, 3.8) is 0 Å². The lowest BCUT2D eigenvalue weighted by Gasteiger charge is -2.18. The number of halogens is 3. The number of hydrogen-bond acceptors (Lipinski definition) is 3. The van der Waals surface area contributed by atoms with E-state index in [0.29, 0.717) is 25.0 Å². The van der Waals surface area contributed by atoms with Crippen LogP contribution in [0.5, 0.6) is 0 Å². The zero-order valence-electron chi connectivity index (χ0n) is 10.8. The highest BCUT2D eigenvalue weighted by molar-refractivity contribution is 5.79. The van der Waals surface area contributed by atoms with Crippen LogP contribution in [0, 0.1) is 17.5 Å². The molecule has 6 heteroatoms. The highest BCUT2D eigenvalue weighted by Crippen LogP contribution is 2.22. The summed E-state index contributed by atoms with van der Waals surface area (Å²) in [5.41, 5.74) is -0.520. The Morgan fingerprint density at radius 1 is 1.26 bits per heavy atom. The molecule has 1 aromatic rings. The molecule has 0 aromatic heterocycles. The van der Waals surface area contributed by atoms with Crippen LogP contribution in [0.4, 0.5) is 18.9 Å². The van der Waals surface area contributed by atoms with Crippen molar-refractivity contribution >= 4 is 11.7 Å². The normalized spacial score (nSPS) is 12.1. The Balaban J connectivity index is 2.93. The van der Waals surface area contributed by atoms with Crippen molar-refractivity contribution in [3.05, 3.63) is 29.6 Å². The summed E-state index contributed by atoms with van der Waals surface area (Å²) in [5, 5.41) is 2.44. The van der Waals surface area contributed by atoms with Gasteiger partial charge in [0.2, 0.25) is 0 Å². The van der Waals surface area contributed by atoms with Gasteiger partial charge in [-0.3, -0.25) is 0 Å². The maximum atomic E-state index is 13.5. The number of hydrogen-bond donors (Lipinski definition) is 1. The highest BCUT2D eigenvalue weighted by atomic mass is 19.1. The summed E-state index contributed by atoms with van der Waals surface area (Å²) in [6.45, 7) is 3.64. The van der Waals surface area contributed by atoms with Gasteiger partial charge in [-0.05, 0) is 13.3 Å². The zero-order chi connectivity index (χ0) is 14.4. The second-order valence-electron chi connectivity index (χ2n) is 3.98. The molecule has 0 amide bonds. The Labute approximate surface area is 109 Å². The van der Waals surface area contributed by atoms with Crippen molar-refractivity contribution < 1.29 is 22.7 Å². The fourth-order valence-electron chi connectivity index (χ4n) is 1.63. The summed E-state index contributed by atoms with van der Waals surface area (Å²) in [6, 6.07) is 0.249. The minimum atomic E-state index is -1.08. The third-order valence-corrected chi connectivity index (χ3v) is 2.47. The van der Waals surface area contributed by atoms with Crippen LogP contribution in [-0.4, -0.2) is 18.6 Å². The molecule has 0 spiro atoms. The van der Waals surface area contributed by atoms with Gasteiger partial charge in [0.1, 0.15) is 17.5 Å². The number of ether oxygens (including phenoxy) is 1. The Hall–Kier alpha value is -1.72. The molecule has 0 radical (unpaired) electrons. The number of rotatable bonds is 6. The molecule has 0 saturated heterocycles. The van der Waals surface area contributed by atoms with Gasteiger partial charge in [0.25, 0.3) is 0 Å². The molecule has 1 rings (SSSR count). The molecule has 1 aromatic carbocycles. The second kappa shape index (κ2) is 7.01. The summed E-state index contributed by atoms with van der Waals surface area (Å²) in [5.74, 6) is -3.76. The first-order valence-electron chi connectivity index (χ1n) is 6.07. The minimum absolute atomic E-state index is 0.176. The summed E-state index contributed by atoms with van der Waals surface area (Å²) < 4.78 is 44.5. The first kappa shape index (κ1) is 15.3. The lowest BCUT2D eigenvalue weighted by atomic mass is 10.1. The van der Waals surface area contributed by atoms with E-state index in [0.717, 1.165) is 0 Å². The number of esters is 1. The van der Waals surface area contributed by atoms with E-state index in [2.05, 4.69) is 5.32 Å². The van der Waals surface area contributed by atoms with Crippen LogP contribution in [-0.2, 0) is 9.53 Å². The summed E-state index contributed by atoms with van der Waals surface area (Å²) >= 11 is 0. The number of anilines is 1. The molecule has 3 nitrogen and oxygen atoms in total. The first-order valence-corrected chi connectivity index (χ1v) is 6.07. The van der Waals surface area contributed by atoms with Crippen LogP contribution in [0.3, 0.4) is 0 Å². The van der Waals surface area contributed by atoms with E-state index in [4.69, 9.17) is 4.74 Å². The quantitative estimate of drug-likeness (QED) is 0.810. The van der Waals surface area contributed by atoms with Gasteiger partial charge in [-0.2, -0.15) is 0 Å². The van der Waals surface area contributed by atoms with Crippen molar-refractivity contribution in [1.29, 1.82) is 0 Å². The Bertz CT molecular complexity index is 429. The lowest BCUT2D eigenvalue weighted by Crippen LogP contribution is -2.32. The molecular formula is C13H16F3NO2. The molecule has 1 atom stereocenters. The second-order valence-corrected chi connectivity index (χ2v) is 3.98. The molecule has 0 fully saturated rings. The monoisotopic (exact) mass is 275 g/mol. The van der Waals surface area contributed by atoms with Crippen molar-refractivity contribution in [2.24, 2.45) is 0 Å². The van der Waals surface area contributed by atoms with Gasteiger partial charge in [0.15, 0.2) is 11.6 Å². The molecule has 106 valence electrons. The van der Waals surface area contributed by atoms with E-state index in [1.807, 2.05) is 6.92 Å². The standard InChI is InChI=1S/C13H16F3NO2/c1-3-5-11(13(18)19-4-2)17-12-9(15)6-8(14)7-10(12)16/h6-7,11,17H,3-5H2,1-2H3. The van der Waals surface area contributed by atoms with Crippen molar-refractivity contribution in [2.75, 3.05) is 11.9 Å². The fraction of sp³-hybridized carbons (Fsp3) is 0.462. The largest absolute Gasteiger partial charge is 0.464 e. The summed E-state index contributed by atoms with van der Waals surface area (Å²) in [4.78, 5) is 11.6. The van der Waals surface area contributed by atoms with E-state index in [-0.39, 0.29) is 6.61 Å². The average Bonchev–Trinajstić information content (AvgIpc) is 2.32. The van der Waals surface area contributed by atoms with Crippen LogP contribution in [0.15, 0.2) is 12.1 Å². The molecule has 0 aliphatic rings. The van der Waals surface area contributed by atoms with Gasteiger partial charge in [-0.1, -0.05) is 13.3 Å². The van der Waals surface area contributed by atoms with Gasteiger partial charge < -0.3 is 10.1 Å². The Kier molecular flexibility index (Phi) is 5.66. The predicted molar refractivity (Wildman–Crippen MR) is 65.3 cm³/mol. The predicted octanol–water partition coefficient (Wildman–Crippen LogP) is 3.25. The van der Waals surface area contributed by atoms with E-state index in [1.165, 1.54) is 0 Å². The summed E-state index contributed by atoms with van der Waals surface area (Å²) in [6.07, 6.45) is 0.982. The van der Waals surface area contributed by atoms with Crippen molar-refractivity contribution in [2.45, 2.75) is 32.7 Å². The molecule has 19 heavy (non-hydrogen) atoms. The van der Waals surface area contributed by atoms with Crippen LogP contribution in [0.1, 0.15) is 26.7 Å². The molecule has 1 unspecified atom stereocenters. The minimum Gasteiger partial charge on any atom is -0.464 e. The van der Waals surface area contributed by atoms with Gasteiger partial charge in [-0.25, -0.2) is 18.0 Å². The molecule has 0 heterocycles. The van der Waals surface area contributed by atoms with E-state index in [9.17, 15) is 18.0 Å². The smallest absolute Gasteiger partial charge is 0.328 e. The molecule has 0 bridgehead atoms. The number of benzene rings is 1. The van der Waals surface area contributed by atoms with Crippen molar-refractivity contribution in [3.8, 4) is 0 Å². The number of carbonyl (C=O) groups excluding carboxylic acids is 1. The fourth-order valence-corrected chi connectivity index (χ4v) is 1.63. The van der Waals surface area contributed by atoms with Crippen molar-refractivity contribution in [1.82, 2.24) is 0 Å². The number of nitrogens with one attached hydrogen (secondary N) is 1. The molecule has 0 saturated carbocycles. The molecule has 0 aliphatic heterocycles. The van der Waals surface area contributed by atoms with Gasteiger partial charge in [-0.15, -0.1) is 0 Å². The Morgan fingerprint density at radius 3 is 2.32 bits per heavy atom. The zero-order valence-corrected chi connectivity index (χ0v) is 10.8. The molecule has 1 N–H and O–H groups in total. The summed E-state index contributed by atoms with van der Waals surface area (Å²) in [7, 11) is 0. The van der Waals surface area contributed by atoms with Gasteiger partial charge in [0, 0.05) is 12.1 Å². The topological polar surface area (TPSA) is 38.3 Å². The van der Waals surface area contributed by atoms with Gasteiger partial charge >= 0.3 is 5.97 Å². The van der Waals surface area contributed by atoms with Crippen LogP contribution >= 0.6 is 0 Å². The maximum absolute atomic E-state index is 13.5. The van der Waals surface area contributed by atoms with Crippen LogP contribution in [0.25, 0.3) is 0 Å².